The van der Waals surface area contributed by atoms with E-state index in [1.165, 1.54) is 32.3 Å². The summed E-state index contributed by atoms with van der Waals surface area (Å²) in [5.41, 5.74) is 1.14. The second-order valence-corrected chi connectivity index (χ2v) is 8.69. The zero-order valence-corrected chi connectivity index (χ0v) is 21.6. The molecule has 1 heterocycles. The van der Waals surface area contributed by atoms with Crippen molar-refractivity contribution < 1.29 is 37.4 Å². The number of imide groups is 1. The number of benzene rings is 3. The highest BCUT2D eigenvalue weighted by Gasteiger charge is 2.46. The number of hydrogen-bond acceptors (Lipinski definition) is 6. The summed E-state index contributed by atoms with van der Waals surface area (Å²) in [4.78, 5) is 42.2. The fourth-order valence-corrected chi connectivity index (χ4v) is 4.32. The Morgan fingerprint density at radius 2 is 1.67 bits per heavy atom. The van der Waals surface area contributed by atoms with Gasteiger partial charge >= 0.3 is 6.03 Å². The van der Waals surface area contributed by atoms with E-state index < -0.39 is 41.9 Å². The third-order valence-corrected chi connectivity index (χ3v) is 6.30. The molecule has 3 aromatic carbocycles. The van der Waals surface area contributed by atoms with E-state index in [-0.39, 0.29) is 12.2 Å². The van der Waals surface area contributed by atoms with E-state index in [1.54, 1.807) is 36.4 Å². The normalized spacial score (nSPS) is 14.9. The van der Waals surface area contributed by atoms with Gasteiger partial charge < -0.3 is 24.4 Å². The number of ether oxygens (including phenoxy) is 3. The van der Waals surface area contributed by atoms with Gasteiger partial charge in [0.2, 0.25) is 5.91 Å². The maximum Gasteiger partial charge on any atom is 0.332 e. The van der Waals surface area contributed by atoms with Crippen LogP contribution in [0.3, 0.4) is 0 Å². The molecular weight excluding hydrogens is 512 g/mol. The Morgan fingerprint density at radius 3 is 2.36 bits per heavy atom. The molecule has 4 amide bonds. The lowest BCUT2D eigenvalue weighted by atomic mass is 10.1. The van der Waals surface area contributed by atoms with Crippen molar-refractivity contribution in [1.29, 1.82) is 0 Å². The number of nitrogens with one attached hydrogen (secondary N) is 1. The predicted molar refractivity (Wildman–Crippen MR) is 139 cm³/mol. The average molecular weight is 540 g/mol. The van der Waals surface area contributed by atoms with E-state index in [9.17, 15) is 23.2 Å². The van der Waals surface area contributed by atoms with Crippen LogP contribution in [0.2, 0.25) is 0 Å². The van der Waals surface area contributed by atoms with Gasteiger partial charge in [-0.2, -0.15) is 0 Å². The van der Waals surface area contributed by atoms with E-state index in [0.29, 0.717) is 29.4 Å². The molecule has 3 aromatic rings. The number of methoxy groups -OCH3 is 3. The van der Waals surface area contributed by atoms with Gasteiger partial charge in [0.05, 0.1) is 33.4 Å². The van der Waals surface area contributed by atoms with Gasteiger partial charge in [0.15, 0.2) is 23.1 Å². The molecule has 1 atom stereocenters. The first-order valence-corrected chi connectivity index (χ1v) is 12.0. The van der Waals surface area contributed by atoms with Crippen LogP contribution < -0.4 is 24.4 Å². The largest absolute Gasteiger partial charge is 0.497 e. The zero-order valence-electron chi connectivity index (χ0n) is 21.6. The molecule has 1 saturated heterocycles. The first-order valence-electron chi connectivity index (χ1n) is 12.0. The number of amides is 4. The number of carbonyl (C=O) groups is 3. The van der Waals surface area contributed by atoms with Crippen molar-refractivity contribution in [3.05, 3.63) is 77.9 Å². The topological polar surface area (TPSA) is 97.4 Å². The van der Waals surface area contributed by atoms with E-state index in [2.05, 4.69) is 5.32 Å². The second kappa shape index (κ2) is 11.8. The summed E-state index contributed by atoms with van der Waals surface area (Å²) in [6.07, 6.45) is -0.0391. The van der Waals surface area contributed by atoms with Crippen molar-refractivity contribution in [2.75, 3.05) is 38.1 Å². The lowest BCUT2D eigenvalue weighted by Gasteiger charge is -2.22. The van der Waals surface area contributed by atoms with Crippen LogP contribution in [0.15, 0.2) is 60.7 Å². The molecule has 1 N–H and O–H groups in total. The minimum atomic E-state index is -1.13. The van der Waals surface area contributed by atoms with Gasteiger partial charge in [0.25, 0.3) is 5.91 Å². The van der Waals surface area contributed by atoms with Gasteiger partial charge in [-0.05, 0) is 48.4 Å². The van der Waals surface area contributed by atoms with Gasteiger partial charge in [-0.3, -0.25) is 9.59 Å². The fraction of sp³-hybridized carbons (Fsp3) is 0.250. The first-order chi connectivity index (χ1) is 18.7. The molecule has 11 heteroatoms. The first kappa shape index (κ1) is 27.4. The van der Waals surface area contributed by atoms with Crippen molar-refractivity contribution in [1.82, 2.24) is 4.90 Å². The Morgan fingerprint density at radius 1 is 0.897 bits per heavy atom. The van der Waals surface area contributed by atoms with Crippen LogP contribution in [0.1, 0.15) is 12.0 Å². The number of hydrogen-bond donors (Lipinski definition) is 1. The minimum absolute atomic E-state index is 0.0252. The van der Waals surface area contributed by atoms with Crippen LogP contribution in [0, 0.1) is 11.6 Å². The third-order valence-electron chi connectivity index (χ3n) is 6.30. The van der Waals surface area contributed by atoms with Gasteiger partial charge in [-0.15, -0.1) is 0 Å². The van der Waals surface area contributed by atoms with Crippen LogP contribution in [0.4, 0.5) is 25.0 Å². The summed E-state index contributed by atoms with van der Waals surface area (Å²) in [7, 11) is 4.50. The monoisotopic (exact) mass is 539 g/mol. The molecule has 1 fully saturated rings. The highest BCUT2D eigenvalue weighted by Crippen LogP contribution is 2.31. The molecule has 0 radical (unpaired) electrons. The Kier molecular flexibility index (Phi) is 8.28. The molecule has 0 bridgehead atoms. The number of rotatable bonds is 10. The minimum Gasteiger partial charge on any atom is -0.497 e. The van der Waals surface area contributed by atoms with Gasteiger partial charge in [0, 0.05) is 24.4 Å². The number of anilines is 2. The molecule has 4 rings (SSSR count). The van der Waals surface area contributed by atoms with Crippen LogP contribution >= 0.6 is 0 Å². The van der Waals surface area contributed by atoms with E-state index in [0.717, 1.165) is 22.6 Å². The standard InChI is InChI=1S/C28H27F2N3O6/c1-37-20-6-4-5-19(15-20)33-27(35)23(16-26(34)31-18-8-9-21(29)22(30)14-18)32(28(33)36)12-11-17-7-10-24(38-2)25(13-17)39-3/h4-10,13-15,23H,11-12,16H2,1-3H3,(H,31,34)/t23-/m1/s1. The summed E-state index contributed by atoms with van der Waals surface area (Å²) >= 11 is 0. The molecule has 39 heavy (non-hydrogen) atoms. The zero-order chi connectivity index (χ0) is 28.1. The molecule has 1 aliphatic rings. The Bertz CT molecular complexity index is 1400. The Labute approximate surface area is 223 Å². The van der Waals surface area contributed by atoms with Gasteiger partial charge in [-0.1, -0.05) is 12.1 Å². The van der Waals surface area contributed by atoms with E-state index in [4.69, 9.17) is 14.2 Å². The van der Waals surface area contributed by atoms with Crippen molar-refractivity contribution in [3.8, 4) is 17.2 Å². The van der Waals surface area contributed by atoms with Crippen molar-refractivity contribution in [3.63, 3.8) is 0 Å². The molecule has 0 spiro atoms. The molecular formula is C28H27F2N3O6. The molecule has 0 unspecified atom stereocenters. The quantitative estimate of drug-likeness (QED) is 0.384. The maximum atomic E-state index is 13.6. The summed E-state index contributed by atoms with van der Waals surface area (Å²) < 4.78 is 42.7. The number of urea groups is 1. The number of nitrogens with zero attached hydrogens (tertiary/aromatic N) is 2. The smallest absolute Gasteiger partial charge is 0.332 e. The SMILES string of the molecule is COc1cccc(N2C(=O)[C@@H](CC(=O)Nc3ccc(F)c(F)c3)N(CCc3ccc(OC)c(OC)c3)C2=O)c1. The van der Waals surface area contributed by atoms with Crippen molar-refractivity contribution in [2.24, 2.45) is 0 Å². The summed E-state index contributed by atoms with van der Waals surface area (Å²) in [6.45, 7) is 0.115. The van der Waals surface area contributed by atoms with Crippen LogP contribution in [-0.2, 0) is 16.0 Å². The van der Waals surface area contributed by atoms with Crippen molar-refractivity contribution in [2.45, 2.75) is 18.9 Å². The fourth-order valence-electron chi connectivity index (χ4n) is 4.32. The summed E-state index contributed by atoms with van der Waals surface area (Å²) in [6, 6.07) is 13.0. The third kappa shape index (κ3) is 5.92. The average Bonchev–Trinajstić information content (AvgIpc) is 3.17. The summed E-state index contributed by atoms with van der Waals surface area (Å²) in [5, 5.41) is 2.46. The number of halogens is 2. The molecule has 0 saturated carbocycles. The van der Waals surface area contributed by atoms with E-state index >= 15 is 0 Å². The highest BCUT2D eigenvalue weighted by molar-refractivity contribution is 6.22. The molecule has 0 aliphatic carbocycles. The van der Waals surface area contributed by atoms with Crippen LogP contribution in [0.5, 0.6) is 17.2 Å². The lowest BCUT2D eigenvalue weighted by molar-refractivity contribution is -0.124. The highest BCUT2D eigenvalue weighted by atomic mass is 19.2. The molecule has 204 valence electrons. The summed E-state index contributed by atoms with van der Waals surface area (Å²) in [5.74, 6) is -1.91. The molecule has 9 nitrogen and oxygen atoms in total. The van der Waals surface area contributed by atoms with Crippen LogP contribution in [0.25, 0.3) is 0 Å². The second-order valence-electron chi connectivity index (χ2n) is 8.69. The van der Waals surface area contributed by atoms with E-state index in [1.807, 2.05) is 6.07 Å². The Balaban J connectivity index is 1.58. The molecule has 0 aromatic heterocycles. The van der Waals surface area contributed by atoms with Gasteiger partial charge in [0.1, 0.15) is 11.8 Å². The van der Waals surface area contributed by atoms with Crippen molar-refractivity contribution >= 4 is 29.2 Å². The van der Waals surface area contributed by atoms with Gasteiger partial charge in [-0.25, -0.2) is 18.5 Å². The lowest BCUT2D eigenvalue weighted by Crippen LogP contribution is -2.39. The molecule has 1 aliphatic heterocycles. The maximum absolute atomic E-state index is 13.6. The number of carbonyl (C=O) groups excluding carboxylic acids is 3. The predicted octanol–water partition coefficient (Wildman–Crippen LogP) is 4.40. The van der Waals surface area contributed by atoms with Crippen LogP contribution in [-0.4, -0.2) is 56.7 Å². The Hall–Kier alpha value is -4.67.